The van der Waals surface area contributed by atoms with Gasteiger partial charge in [0.25, 0.3) is 5.91 Å². The number of carbonyl (C=O) groups is 1. The second kappa shape index (κ2) is 4.33. The van der Waals surface area contributed by atoms with Gasteiger partial charge in [-0.05, 0) is 29.8 Å². The van der Waals surface area contributed by atoms with Gasteiger partial charge < -0.3 is 9.84 Å². The predicted octanol–water partition coefficient (Wildman–Crippen LogP) is 2.04. The Morgan fingerprint density at radius 2 is 2.24 bits per heavy atom. The molecule has 7 heteroatoms. The van der Waals surface area contributed by atoms with E-state index in [1.165, 1.54) is 0 Å². The van der Waals surface area contributed by atoms with E-state index in [1.54, 1.807) is 31.8 Å². The van der Waals surface area contributed by atoms with Crippen LogP contribution in [-0.4, -0.2) is 20.8 Å². The van der Waals surface area contributed by atoms with E-state index in [4.69, 9.17) is 4.52 Å². The van der Waals surface area contributed by atoms with Crippen molar-refractivity contribution >= 4 is 27.5 Å². The van der Waals surface area contributed by atoms with Crippen LogP contribution in [0.4, 0.5) is 5.69 Å². The van der Waals surface area contributed by atoms with E-state index in [9.17, 15) is 4.79 Å². The van der Waals surface area contributed by atoms with Crippen molar-refractivity contribution in [1.29, 1.82) is 0 Å². The first-order valence-corrected chi connectivity index (χ1v) is 5.71. The molecule has 0 fully saturated rings. The van der Waals surface area contributed by atoms with Gasteiger partial charge in [0.1, 0.15) is 11.4 Å². The van der Waals surface area contributed by atoms with Crippen LogP contribution in [0.5, 0.6) is 0 Å². The monoisotopic (exact) mass is 298 g/mol. The lowest BCUT2D eigenvalue weighted by Gasteiger charge is -2.01. The van der Waals surface area contributed by atoms with E-state index in [1.807, 2.05) is 0 Å². The number of hydrogen-bond donors (Lipinski definition) is 1. The standard InChI is InChI=1S/C10H11BrN4O2/c1-5-8(6(2)17-14-5)12-10(16)9-7(11)4-15(3)13-9/h4H,1-3H3,(H,12,16). The highest BCUT2D eigenvalue weighted by molar-refractivity contribution is 9.10. The van der Waals surface area contributed by atoms with Crippen molar-refractivity contribution in [3.63, 3.8) is 0 Å². The lowest BCUT2D eigenvalue weighted by Crippen LogP contribution is -2.14. The Balaban J connectivity index is 2.26. The van der Waals surface area contributed by atoms with Crippen LogP contribution in [0.3, 0.4) is 0 Å². The van der Waals surface area contributed by atoms with Crippen LogP contribution in [0, 0.1) is 13.8 Å². The number of amides is 1. The molecule has 90 valence electrons. The predicted molar refractivity (Wildman–Crippen MR) is 64.8 cm³/mol. The van der Waals surface area contributed by atoms with Gasteiger partial charge in [0.15, 0.2) is 11.5 Å². The third kappa shape index (κ3) is 2.23. The third-order valence-electron chi connectivity index (χ3n) is 2.27. The van der Waals surface area contributed by atoms with Crippen LogP contribution < -0.4 is 5.32 Å². The van der Waals surface area contributed by atoms with Gasteiger partial charge in [-0.1, -0.05) is 5.16 Å². The highest BCUT2D eigenvalue weighted by atomic mass is 79.9. The lowest BCUT2D eigenvalue weighted by atomic mass is 10.3. The summed E-state index contributed by atoms with van der Waals surface area (Å²) in [6.07, 6.45) is 1.71. The molecule has 0 spiro atoms. The van der Waals surface area contributed by atoms with Gasteiger partial charge in [-0.15, -0.1) is 0 Å². The minimum absolute atomic E-state index is 0.299. The topological polar surface area (TPSA) is 73.0 Å². The average Bonchev–Trinajstić information content (AvgIpc) is 2.74. The maximum absolute atomic E-state index is 12.0. The van der Waals surface area contributed by atoms with Gasteiger partial charge in [0.2, 0.25) is 0 Å². The zero-order valence-electron chi connectivity index (χ0n) is 9.61. The van der Waals surface area contributed by atoms with Gasteiger partial charge >= 0.3 is 0 Å². The number of aromatic nitrogens is 3. The minimum atomic E-state index is -0.299. The van der Waals surface area contributed by atoms with Crippen LogP contribution in [-0.2, 0) is 7.05 Å². The zero-order valence-corrected chi connectivity index (χ0v) is 11.2. The molecule has 0 aromatic carbocycles. The van der Waals surface area contributed by atoms with Crippen LogP contribution in [0.2, 0.25) is 0 Å². The van der Waals surface area contributed by atoms with Gasteiger partial charge in [-0.2, -0.15) is 5.10 Å². The van der Waals surface area contributed by atoms with Crippen molar-refractivity contribution in [3.8, 4) is 0 Å². The second-order valence-corrected chi connectivity index (χ2v) is 4.51. The summed E-state index contributed by atoms with van der Waals surface area (Å²) in [7, 11) is 1.75. The van der Waals surface area contributed by atoms with E-state index in [0.717, 1.165) is 0 Å². The van der Waals surface area contributed by atoms with Crippen LogP contribution in [0.15, 0.2) is 15.2 Å². The molecule has 1 amide bonds. The number of halogens is 1. The van der Waals surface area contributed by atoms with Crippen LogP contribution in [0.25, 0.3) is 0 Å². The fraction of sp³-hybridized carbons (Fsp3) is 0.300. The van der Waals surface area contributed by atoms with Gasteiger partial charge in [0, 0.05) is 13.2 Å². The average molecular weight is 299 g/mol. The molecule has 0 saturated carbocycles. The lowest BCUT2D eigenvalue weighted by molar-refractivity contribution is 0.102. The molecule has 2 aromatic rings. The molecule has 2 rings (SSSR count). The highest BCUT2D eigenvalue weighted by Gasteiger charge is 2.18. The summed E-state index contributed by atoms with van der Waals surface area (Å²) in [6.45, 7) is 3.50. The molecule has 0 aliphatic carbocycles. The quantitative estimate of drug-likeness (QED) is 0.921. The van der Waals surface area contributed by atoms with E-state index in [-0.39, 0.29) is 5.91 Å². The molecule has 0 unspecified atom stereocenters. The number of nitrogens with zero attached hydrogens (tertiary/aromatic N) is 3. The summed E-state index contributed by atoms with van der Waals surface area (Å²) in [5.41, 5.74) is 1.56. The summed E-state index contributed by atoms with van der Waals surface area (Å²) in [6, 6.07) is 0. The molecule has 0 saturated heterocycles. The Morgan fingerprint density at radius 1 is 1.53 bits per heavy atom. The molecule has 2 heterocycles. The van der Waals surface area contributed by atoms with Gasteiger partial charge in [0.05, 0.1) is 4.47 Å². The second-order valence-electron chi connectivity index (χ2n) is 3.65. The number of aryl methyl sites for hydroxylation is 3. The minimum Gasteiger partial charge on any atom is -0.359 e. The third-order valence-corrected chi connectivity index (χ3v) is 2.85. The van der Waals surface area contributed by atoms with Gasteiger partial charge in [-0.25, -0.2) is 0 Å². The first-order chi connectivity index (χ1) is 7.99. The smallest absolute Gasteiger partial charge is 0.277 e. The first-order valence-electron chi connectivity index (χ1n) is 4.92. The molecule has 0 aliphatic rings. The molecule has 1 N–H and O–H groups in total. The van der Waals surface area contributed by atoms with Crippen LogP contribution in [0.1, 0.15) is 21.9 Å². The Bertz CT molecular complexity index is 553. The summed E-state index contributed by atoms with van der Waals surface area (Å²) >= 11 is 3.28. The number of anilines is 1. The largest absolute Gasteiger partial charge is 0.359 e. The molecule has 0 aliphatic heterocycles. The molecule has 2 aromatic heterocycles. The maximum atomic E-state index is 12.0. The van der Waals surface area contributed by atoms with Crippen molar-refractivity contribution < 1.29 is 9.32 Å². The Hall–Kier alpha value is -1.63. The molecule has 0 radical (unpaired) electrons. The normalized spacial score (nSPS) is 10.6. The fourth-order valence-corrected chi connectivity index (χ4v) is 2.00. The van der Waals surface area contributed by atoms with E-state index in [2.05, 4.69) is 31.5 Å². The molecular weight excluding hydrogens is 288 g/mol. The van der Waals surface area contributed by atoms with Crippen molar-refractivity contribution in [2.24, 2.45) is 7.05 Å². The number of hydrogen-bond acceptors (Lipinski definition) is 4. The SMILES string of the molecule is Cc1noc(C)c1NC(=O)c1nn(C)cc1Br. The van der Waals surface area contributed by atoms with E-state index in [0.29, 0.717) is 27.3 Å². The zero-order chi connectivity index (χ0) is 12.6. The first kappa shape index (κ1) is 11.8. The van der Waals surface area contributed by atoms with Crippen molar-refractivity contribution in [1.82, 2.24) is 14.9 Å². The molecule has 17 heavy (non-hydrogen) atoms. The van der Waals surface area contributed by atoms with Crippen molar-refractivity contribution in [2.45, 2.75) is 13.8 Å². The summed E-state index contributed by atoms with van der Waals surface area (Å²) in [5, 5.41) is 10.5. The van der Waals surface area contributed by atoms with E-state index < -0.39 is 0 Å². The highest BCUT2D eigenvalue weighted by Crippen LogP contribution is 2.21. The Labute approximate surface area is 106 Å². The molecular formula is C10H11BrN4O2. The summed E-state index contributed by atoms with van der Waals surface area (Å²) in [4.78, 5) is 12.0. The Morgan fingerprint density at radius 3 is 2.71 bits per heavy atom. The molecule has 6 nitrogen and oxygen atoms in total. The number of rotatable bonds is 2. The molecule has 0 atom stereocenters. The molecule has 0 bridgehead atoms. The van der Waals surface area contributed by atoms with Crippen molar-refractivity contribution in [2.75, 3.05) is 5.32 Å². The fourth-order valence-electron chi connectivity index (χ4n) is 1.45. The van der Waals surface area contributed by atoms with Crippen LogP contribution >= 0.6 is 15.9 Å². The van der Waals surface area contributed by atoms with E-state index >= 15 is 0 Å². The summed E-state index contributed by atoms with van der Waals surface area (Å²) < 4.78 is 7.17. The number of carbonyl (C=O) groups excluding carboxylic acids is 1. The van der Waals surface area contributed by atoms with Gasteiger partial charge in [-0.3, -0.25) is 9.48 Å². The van der Waals surface area contributed by atoms with Crippen molar-refractivity contribution in [3.05, 3.63) is 27.8 Å². The maximum Gasteiger partial charge on any atom is 0.277 e. The number of nitrogens with one attached hydrogen (secondary N) is 1. The summed E-state index contributed by atoms with van der Waals surface area (Å²) in [5.74, 6) is 0.273. The Kier molecular flexibility index (Phi) is 3.01.